The van der Waals surface area contributed by atoms with E-state index in [2.05, 4.69) is 41.7 Å². The van der Waals surface area contributed by atoms with Crippen LogP contribution in [0, 0.1) is 0 Å². The van der Waals surface area contributed by atoms with E-state index in [1.54, 1.807) is 0 Å². The Morgan fingerprint density at radius 1 is 1.14 bits per heavy atom. The fraction of sp³-hybridized carbons (Fsp3) is 0.353. The van der Waals surface area contributed by atoms with Gasteiger partial charge in [0.1, 0.15) is 6.61 Å². The molecule has 0 aliphatic rings. The molecule has 0 atom stereocenters. The van der Waals surface area contributed by atoms with Gasteiger partial charge in [-0.1, -0.05) is 48.8 Å². The highest BCUT2D eigenvalue weighted by molar-refractivity contribution is 9.10. The first-order valence-corrected chi connectivity index (χ1v) is 7.76. The van der Waals surface area contributed by atoms with Crippen molar-refractivity contribution in [3.8, 4) is 5.88 Å². The Balaban J connectivity index is 2.19. The van der Waals surface area contributed by atoms with E-state index < -0.39 is 0 Å². The van der Waals surface area contributed by atoms with E-state index in [4.69, 9.17) is 10.5 Å². The molecule has 2 aromatic rings. The van der Waals surface area contributed by atoms with Crippen molar-refractivity contribution >= 4 is 15.9 Å². The van der Waals surface area contributed by atoms with Crippen LogP contribution in [0.25, 0.3) is 0 Å². The molecule has 0 spiro atoms. The third-order valence-corrected chi connectivity index (χ3v) is 3.63. The largest absolute Gasteiger partial charge is 0.473 e. The van der Waals surface area contributed by atoms with Gasteiger partial charge in [-0.15, -0.1) is 0 Å². The summed E-state index contributed by atoms with van der Waals surface area (Å²) >= 11 is 3.46. The van der Waals surface area contributed by atoms with Gasteiger partial charge in [-0.05, 0) is 29.3 Å². The van der Waals surface area contributed by atoms with Crippen LogP contribution in [-0.2, 0) is 18.6 Å². The van der Waals surface area contributed by atoms with Gasteiger partial charge in [0, 0.05) is 22.5 Å². The van der Waals surface area contributed by atoms with E-state index >= 15 is 0 Å². The number of rotatable bonds is 4. The third kappa shape index (κ3) is 4.55. The quantitative estimate of drug-likeness (QED) is 0.901. The molecule has 0 saturated heterocycles. The van der Waals surface area contributed by atoms with Crippen molar-refractivity contribution in [2.45, 2.75) is 39.3 Å². The Kier molecular flexibility index (Phi) is 5.01. The molecule has 0 aliphatic carbocycles. The van der Waals surface area contributed by atoms with Crippen molar-refractivity contribution in [3.63, 3.8) is 0 Å². The predicted molar refractivity (Wildman–Crippen MR) is 89.3 cm³/mol. The second-order valence-corrected chi connectivity index (χ2v) is 6.99. The molecular weight excluding hydrogens is 328 g/mol. The first-order valence-electron chi connectivity index (χ1n) is 6.97. The maximum Gasteiger partial charge on any atom is 0.214 e. The summed E-state index contributed by atoms with van der Waals surface area (Å²) in [6.45, 7) is 7.37. The van der Waals surface area contributed by atoms with Crippen molar-refractivity contribution in [3.05, 3.63) is 57.7 Å². The summed E-state index contributed by atoms with van der Waals surface area (Å²) < 4.78 is 6.88. The molecule has 0 radical (unpaired) electrons. The Labute approximate surface area is 134 Å². The summed E-state index contributed by atoms with van der Waals surface area (Å²) in [4.78, 5) is 4.60. The van der Waals surface area contributed by atoms with Crippen LogP contribution < -0.4 is 10.5 Å². The fourth-order valence-electron chi connectivity index (χ4n) is 1.92. The Morgan fingerprint density at radius 3 is 2.52 bits per heavy atom. The zero-order valence-corrected chi connectivity index (χ0v) is 14.3. The zero-order chi connectivity index (χ0) is 15.5. The van der Waals surface area contributed by atoms with Gasteiger partial charge in [0.05, 0.1) is 5.69 Å². The minimum absolute atomic E-state index is 0.0287. The number of hydrogen-bond donors (Lipinski definition) is 1. The Hall–Kier alpha value is -1.39. The molecular formula is C17H21BrN2O. The number of nitrogens with two attached hydrogens (primary N) is 1. The average Bonchev–Trinajstić information content (AvgIpc) is 2.44. The first kappa shape index (κ1) is 16.0. The molecule has 1 heterocycles. The lowest BCUT2D eigenvalue weighted by atomic mass is 9.91. The lowest BCUT2D eigenvalue weighted by molar-refractivity contribution is 0.291. The second-order valence-electron chi connectivity index (χ2n) is 6.07. The number of hydrogen-bond acceptors (Lipinski definition) is 3. The van der Waals surface area contributed by atoms with Gasteiger partial charge in [-0.2, -0.15) is 0 Å². The maximum absolute atomic E-state index is 5.84. The van der Waals surface area contributed by atoms with Crippen LogP contribution in [0.3, 0.4) is 0 Å². The molecule has 0 saturated carbocycles. The van der Waals surface area contributed by atoms with Gasteiger partial charge in [0.15, 0.2) is 0 Å². The summed E-state index contributed by atoms with van der Waals surface area (Å²) in [5.41, 5.74) is 8.87. The van der Waals surface area contributed by atoms with E-state index in [1.807, 2.05) is 36.4 Å². The number of halogens is 1. The highest BCUT2D eigenvalue weighted by atomic mass is 79.9. The molecule has 2 rings (SSSR count). The smallest absolute Gasteiger partial charge is 0.214 e. The molecule has 1 aromatic carbocycles. The van der Waals surface area contributed by atoms with Gasteiger partial charge in [-0.25, -0.2) is 4.98 Å². The summed E-state index contributed by atoms with van der Waals surface area (Å²) in [7, 11) is 0. The van der Waals surface area contributed by atoms with Crippen molar-refractivity contribution in [1.29, 1.82) is 0 Å². The first-order chi connectivity index (χ1) is 9.88. The molecule has 4 heteroatoms. The molecule has 0 amide bonds. The van der Waals surface area contributed by atoms with Gasteiger partial charge in [0.25, 0.3) is 0 Å². The van der Waals surface area contributed by atoms with Crippen LogP contribution in [0.5, 0.6) is 5.88 Å². The third-order valence-electron chi connectivity index (χ3n) is 3.14. The summed E-state index contributed by atoms with van der Waals surface area (Å²) in [5, 5.41) is 0. The minimum Gasteiger partial charge on any atom is -0.473 e. The fourth-order valence-corrected chi connectivity index (χ4v) is 2.37. The molecule has 0 fully saturated rings. The van der Waals surface area contributed by atoms with Gasteiger partial charge < -0.3 is 10.5 Å². The summed E-state index contributed by atoms with van der Waals surface area (Å²) in [5.74, 6) is 0.628. The number of ether oxygens (including phenoxy) is 1. The van der Waals surface area contributed by atoms with E-state index in [9.17, 15) is 0 Å². The highest BCUT2D eigenvalue weighted by Gasteiger charge is 2.17. The molecule has 3 nitrogen and oxygen atoms in total. The van der Waals surface area contributed by atoms with Crippen LogP contribution >= 0.6 is 15.9 Å². The van der Waals surface area contributed by atoms with E-state index in [-0.39, 0.29) is 5.41 Å². The van der Waals surface area contributed by atoms with Crippen molar-refractivity contribution in [1.82, 2.24) is 4.98 Å². The number of nitrogens with zero attached hydrogens (tertiary/aromatic N) is 1. The number of benzene rings is 1. The zero-order valence-electron chi connectivity index (χ0n) is 12.7. The average molecular weight is 349 g/mol. The molecule has 0 bridgehead atoms. The standard InChI is InChI=1S/C17H21BrN2O/c1-17(2,3)15-8-13(10-19)9-16(20-15)21-11-12-5-4-6-14(18)7-12/h4-9H,10-11,19H2,1-3H3. The highest BCUT2D eigenvalue weighted by Crippen LogP contribution is 2.24. The van der Waals surface area contributed by atoms with Crippen LogP contribution in [0.4, 0.5) is 0 Å². The van der Waals surface area contributed by atoms with E-state index in [1.165, 1.54) is 0 Å². The number of pyridine rings is 1. The monoisotopic (exact) mass is 348 g/mol. The lowest BCUT2D eigenvalue weighted by Crippen LogP contribution is -2.15. The maximum atomic E-state index is 5.84. The van der Waals surface area contributed by atoms with Crippen LogP contribution in [-0.4, -0.2) is 4.98 Å². The van der Waals surface area contributed by atoms with Crippen molar-refractivity contribution in [2.24, 2.45) is 5.73 Å². The van der Waals surface area contributed by atoms with Crippen LogP contribution in [0.2, 0.25) is 0 Å². The van der Waals surface area contributed by atoms with Crippen LogP contribution in [0.1, 0.15) is 37.6 Å². The molecule has 0 unspecified atom stereocenters. The molecule has 1 aromatic heterocycles. The predicted octanol–water partition coefficient (Wildman–Crippen LogP) is 4.18. The normalized spacial score (nSPS) is 11.5. The summed E-state index contributed by atoms with van der Waals surface area (Å²) in [6, 6.07) is 12.0. The Bertz CT molecular complexity index is 620. The molecule has 2 N–H and O–H groups in total. The van der Waals surface area contributed by atoms with Crippen molar-refractivity contribution < 1.29 is 4.74 Å². The Morgan fingerprint density at radius 2 is 1.90 bits per heavy atom. The summed E-state index contributed by atoms with van der Waals surface area (Å²) in [6.07, 6.45) is 0. The van der Waals surface area contributed by atoms with Crippen LogP contribution in [0.15, 0.2) is 40.9 Å². The topological polar surface area (TPSA) is 48.1 Å². The van der Waals surface area contributed by atoms with Gasteiger partial charge in [0.2, 0.25) is 5.88 Å². The second kappa shape index (κ2) is 6.58. The van der Waals surface area contributed by atoms with Gasteiger partial charge >= 0.3 is 0 Å². The minimum atomic E-state index is -0.0287. The van der Waals surface area contributed by atoms with Gasteiger partial charge in [-0.3, -0.25) is 0 Å². The van der Waals surface area contributed by atoms with Crippen molar-refractivity contribution in [2.75, 3.05) is 0 Å². The molecule has 0 aliphatic heterocycles. The van der Waals surface area contributed by atoms with E-state index in [0.717, 1.165) is 21.3 Å². The number of aromatic nitrogens is 1. The SMILES string of the molecule is CC(C)(C)c1cc(CN)cc(OCc2cccc(Br)c2)n1. The van der Waals surface area contributed by atoms with E-state index in [0.29, 0.717) is 19.0 Å². The molecule has 21 heavy (non-hydrogen) atoms. The molecule has 112 valence electrons. The lowest BCUT2D eigenvalue weighted by Gasteiger charge is -2.19.